The van der Waals surface area contributed by atoms with Crippen LogP contribution in [0.4, 0.5) is 0 Å². The molecule has 3 N–H and O–H groups in total. The molecule has 0 radical (unpaired) electrons. The van der Waals surface area contributed by atoms with Crippen LogP contribution in [-0.2, 0) is 6.42 Å². The molecule has 0 aliphatic rings. The molecule has 2 aromatic rings. The molecule has 1 aromatic carbocycles. The van der Waals surface area contributed by atoms with Crippen molar-refractivity contribution >= 4 is 11.3 Å². The second-order valence-corrected chi connectivity index (χ2v) is 5.54. The summed E-state index contributed by atoms with van der Waals surface area (Å²) in [4.78, 5) is 5.51. The van der Waals surface area contributed by atoms with Crippen LogP contribution in [0.2, 0.25) is 0 Å². The van der Waals surface area contributed by atoms with Gasteiger partial charge in [0.15, 0.2) is 0 Å². The topological polar surface area (TPSA) is 50.9 Å². The normalized spacial score (nSPS) is 12.7. The molecule has 4 heteroatoms. The fraction of sp³-hybridized carbons (Fsp3) is 0.357. The number of rotatable bonds is 4. The van der Waals surface area contributed by atoms with Crippen molar-refractivity contribution in [3.63, 3.8) is 0 Å². The standard InChI is InChI=1S/C14H19N3S/c1-9-4-5-10(2)12(6-9)7-13(17-15)14-11(3)16-8-18-14/h4-6,8,13,17H,7,15H2,1-3H3. The Morgan fingerprint density at radius 2 is 2.11 bits per heavy atom. The van der Waals surface area contributed by atoms with Gasteiger partial charge in [0.1, 0.15) is 0 Å². The second-order valence-electron chi connectivity index (χ2n) is 4.66. The van der Waals surface area contributed by atoms with Crippen LogP contribution in [-0.4, -0.2) is 4.98 Å². The van der Waals surface area contributed by atoms with Gasteiger partial charge in [-0.2, -0.15) is 0 Å². The predicted molar refractivity (Wildman–Crippen MR) is 76.5 cm³/mol. The highest BCUT2D eigenvalue weighted by atomic mass is 32.1. The van der Waals surface area contributed by atoms with Gasteiger partial charge in [0.2, 0.25) is 0 Å². The maximum absolute atomic E-state index is 5.70. The van der Waals surface area contributed by atoms with Crippen LogP contribution in [0.3, 0.4) is 0 Å². The summed E-state index contributed by atoms with van der Waals surface area (Å²) in [6, 6.07) is 6.67. The Kier molecular flexibility index (Phi) is 4.11. The molecule has 0 bridgehead atoms. The first-order chi connectivity index (χ1) is 8.61. The minimum absolute atomic E-state index is 0.137. The summed E-state index contributed by atoms with van der Waals surface area (Å²) in [5.41, 5.74) is 9.78. The predicted octanol–water partition coefficient (Wildman–Crippen LogP) is 2.82. The molecule has 0 aliphatic heterocycles. The molecular weight excluding hydrogens is 242 g/mol. The van der Waals surface area contributed by atoms with E-state index < -0.39 is 0 Å². The summed E-state index contributed by atoms with van der Waals surface area (Å²) in [5.74, 6) is 5.70. The molecule has 1 unspecified atom stereocenters. The first-order valence-corrected chi connectivity index (χ1v) is 6.92. The van der Waals surface area contributed by atoms with Crippen molar-refractivity contribution < 1.29 is 0 Å². The fourth-order valence-corrected chi connectivity index (χ4v) is 2.98. The Bertz CT molecular complexity index is 534. The maximum Gasteiger partial charge on any atom is 0.0798 e. The smallest absolute Gasteiger partial charge is 0.0798 e. The third-order valence-electron chi connectivity index (χ3n) is 3.23. The first-order valence-electron chi connectivity index (χ1n) is 6.04. The molecule has 1 heterocycles. The monoisotopic (exact) mass is 261 g/mol. The van der Waals surface area contributed by atoms with Gasteiger partial charge in [-0.15, -0.1) is 11.3 Å². The molecule has 18 heavy (non-hydrogen) atoms. The molecule has 0 saturated heterocycles. The number of nitrogens with two attached hydrogens (primary N) is 1. The Balaban J connectivity index is 2.26. The molecule has 3 nitrogen and oxygen atoms in total. The van der Waals surface area contributed by atoms with Gasteiger partial charge in [0.05, 0.1) is 17.2 Å². The average molecular weight is 261 g/mol. The molecule has 0 fully saturated rings. The lowest BCUT2D eigenvalue weighted by atomic mass is 9.98. The zero-order chi connectivity index (χ0) is 13.1. The molecule has 96 valence electrons. The van der Waals surface area contributed by atoms with E-state index in [1.54, 1.807) is 11.3 Å². The summed E-state index contributed by atoms with van der Waals surface area (Å²) in [6.45, 7) is 6.28. The van der Waals surface area contributed by atoms with E-state index in [4.69, 9.17) is 5.84 Å². The molecule has 2 rings (SSSR count). The minimum atomic E-state index is 0.137. The van der Waals surface area contributed by atoms with Gasteiger partial charge in [-0.25, -0.2) is 4.98 Å². The lowest BCUT2D eigenvalue weighted by Crippen LogP contribution is -2.29. The van der Waals surface area contributed by atoms with Crippen molar-refractivity contribution in [2.45, 2.75) is 33.2 Å². The lowest BCUT2D eigenvalue weighted by Gasteiger charge is -2.17. The number of thiazole rings is 1. The van der Waals surface area contributed by atoms with Crippen molar-refractivity contribution in [2.24, 2.45) is 5.84 Å². The molecule has 0 aliphatic carbocycles. The largest absolute Gasteiger partial charge is 0.271 e. The van der Waals surface area contributed by atoms with Gasteiger partial charge in [-0.05, 0) is 38.3 Å². The number of nitrogens with one attached hydrogen (secondary N) is 1. The molecule has 0 amide bonds. The SMILES string of the molecule is Cc1ccc(C)c(CC(NN)c2scnc2C)c1. The van der Waals surface area contributed by atoms with Crippen LogP contribution in [0.5, 0.6) is 0 Å². The first kappa shape index (κ1) is 13.2. The third kappa shape index (κ3) is 2.77. The van der Waals surface area contributed by atoms with Gasteiger partial charge in [0, 0.05) is 4.88 Å². The number of nitrogens with zero attached hydrogens (tertiary/aromatic N) is 1. The number of benzene rings is 1. The van der Waals surface area contributed by atoms with Gasteiger partial charge < -0.3 is 0 Å². The van der Waals surface area contributed by atoms with E-state index in [1.165, 1.54) is 21.6 Å². The van der Waals surface area contributed by atoms with E-state index in [9.17, 15) is 0 Å². The Hall–Kier alpha value is -1.23. The number of aryl methyl sites for hydroxylation is 3. The van der Waals surface area contributed by atoms with Gasteiger partial charge in [-0.1, -0.05) is 23.8 Å². The van der Waals surface area contributed by atoms with Crippen molar-refractivity contribution in [2.75, 3.05) is 0 Å². The van der Waals surface area contributed by atoms with Crippen LogP contribution < -0.4 is 11.3 Å². The quantitative estimate of drug-likeness (QED) is 0.657. The number of hydrogen-bond acceptors (Lipinski definition) is 4. The van der Waals surface area contributed by atoms with E-state index in [2.05, 4.69) is 42.5 Å². The zero-order valence-corrected chi connectivity index (χ0v) is 11.8. The van der Waals surface area contributed by atoms with E-state index in [1.807, 2.05) is 12.4 Å². The fourth-order valence-electron chi connectivity index (χ4n) is 2.11. The summed E-state index contributed by atoms with van der Waals surface area (Å²) in [5, 5.41) is 0. The zero-order valence-electron chi connectivity index (χ0n) is 11.0. The summed E-state index contributed by atoms with van der Waals surface area (Å²) < 4.78 is 0. The molecular formula is C14H19N3S. The minimum Gasteiger partial charge on any atom is -0.271 e. The highest BCUT2D eigenvalue weighted by Crippen LogP contribution is 2.25. The van der Waals surface area contributed by atoms with Crippen LogP contribution in [0.25, 0.3) is 0 Å². The second kappa shape index (κ2) is 5.61. The van der Waals surface area contributed by atoms with E-state index in [0.29, 0.717) is 0 Å². The molecule has 0 saturated carbocycles. The Morgan fingerprint density at radius 1 is 1.33 bits per heavy atom. The van der Waals surface area contributed by atoms with Crippen LogP contribution in [0.1, 0.15) is 33.3 Å². The molecule has 1 atom stereocenters. The number of aromatic nitrogens is 1. The summed E-state index contributed by atoms with van der Waals surface area (Å²) >= 11 is 1.66. The Labute approximate surface area is 112 Å². The van der Waals surface area contributed by atoms with Gasteiger partial charge in [-0.3, -0.25) is 11.3 Å². The average Bonchev–Trinajstić information content (AvgIpc) is 2.77. The highest BCUT2D eigenvalue weighted by Gasteiger charge is 2.16. The number of hydrogen-bond donors (Lipinski definition) is 2. The highest BCUT2D eigenvalue weighted by molar-refractivity contribution is 7.09. The van der Waals surface area contributed by atoms with Crippen molar-refractivity contribution in [3.8, 4) is 0 Å². The van der Waals surface area contributed by atoms with Crippen LogP contribution in [0.15, 0.2) is 23.7 Å². The third-order valence-corrected chi connectivity index (χ3v) is 4.27. The van der Waals surface area contributed by atoms with E-state index in [-0.39, 0.29) is 6.04 Å². The summed E-state index contributed by atoms with van der Waals surface area (Å²) in [7, 11) is 0. The van der Waals surface area contributed by atoms with Gasteiger partial charge in [0.25, 0.3) is 0 Å². The Morgan fingerprint density at radius 3 is 2.72 bits per heavy atom. The van der Waals surface area contributed by atoms with Crippen molar-refractivity contribution in [1.29, 1.82) is 0 Å². The van der Waals surface area contributed by atoms with E-state index >= 15 is 0 Å². The van der Waals surface area contributed by atoms with E-state index in [0.717, 1.165) is 12.1 Å². The molecule has 1 aromatic heterocycles. The number of hydrazine groups is 1. The van der Waals surface area contributed by atoms with Crippen LogP contribution >= 0.6 is 11.3 Å². The lowest BCUT2D eigenvalue weighted by molar-refractivity contribution is 0.556. The maximum atomic E-state index is 5.70. The molecule has 0 spiro atoms. The van der Waals surface area contributed by atoms with Gasteiger partial charge >= 0.3 is 0 Å². The van der Waals surface area contributed by atoms with Crippen molar-refractivity contribution in [3.05, 3.63) is 51.0 Å². The summed E-state index contributed by atoms with van der Waals surface area (Å²) in [6.07, 6.45) is 0.896. The van der Waals surface area contributed by atoms with Crippen molar-refractivity contribution in [1.82, 2.24) is 10.4 Å². The van der Waals surface area contributed by atoms with Crippen LogP contribution in [0, 0.1) is 20.8 Å².